The number of ether oxygens (including phenoxy) is 1. The predicted octanol–water partition coefficient (Wildman–Crippen LogP) is 9.96. The number of allylic oxidation sites excluding steroid dienone is 2. The molecule has 4 nitrogen and oxygen atoms in total. The van der Waals surface area contributed by atoms with E-state index in [-0.39, 0.29) is 23.0 Å². The molecule has 0 saturated heterocycles. The highest BCUT2D eigenvalue weighted by Gasteiger charge is 2.59. The van der Waals surface area contributed by atoms with Gasteiger partial charge in [-0.15, -0.1) is 0 Å². The molecule has 3 saturated carbocycles. The Kier molecular flexibility index (Phi) is 11.6. The second-order valence-electron chi connectivity index (χ2n) is 17.3. The van der Waals surface area contributed by atoms with Crippen molar-refractivity contribution in [3.63, 3.8) is 0 Å². The maximum Gasteiger partial charge on any atom is 0.224 e. The van der Waals surface area contributed by atoms with E-state index in [1.165, 1.54) is 51.4 Å². The Morgan fingerprint density at radius 3 is 2.45 bits per heavy atom. The van der Waals surface area contributed by atoms with Gasteiger partial charge >= 0.3 is 0 Å². The third kappa shape index (κ3) is 7.83. The van der Waals surface area contributed by atoms with Crippen molar-refractivity contribution in [2.75, 3.05) is 6.61 Å². The van der Waals surface area contributed by atoms with Gasteiger partial charge in [0.05, 0.1) is 17.1 Å². The molecule has 0 heterocycles. The summed E-state index contributed by atoms with van der Waals surface area (Å²) in [6, 6.07) is 0. The Morgan fingerprint density at radius 1 is 1.07 bits per heavy atom. The molecule has 4 aliphatic rings. The van der Waals surface area contributed by atoms with E-state index < -0.39 is 10.5 Å². The molecule has 252 valence electrons. The number of carbonyl (C=O) groups excluding carboxylic acids is 2. The molecule has 10 atom stereocenters. The summed E-state index contributed by atoms with van der Waals surface area (Å²) < 4.78 is 6.14. The van der Waals surface area contributed by atoms with Gasteiger partial charge < -0.3 is 10.1 Å². The molecule has 44 heavy (non-hydrogen) atoms. The zero-order chi connectivity index (χ0) is 32.5. The average molecular weight is 630 g/mol. The Balaban J connectivity index is 1.34. The third-order valence-electron chi connectivity index (χ3n) is 13.5. The van der Waals surface area contributed by atoms with E-state index in [1.807, 2.05) is 13.8 Å². The number of amides is 1. The van der Waals surface area contributed by atoms with E-state index in [0.29, 0.717) is 24.9 Å². The topological polar surface area (TPSA) is 55.4 Å². The minimum absolute atomic E-state index is 0.0216. The number of fused-ring (bicyclic) bond motifs is 5. The number of hydrogen-bond donors (Lipinski definition) is 2. The molecule has 0 bridgehead atoms. The molecule has 1 amide bonds. The van der Waals surface area contributed by atoms with Crippen molar-refractivity contribution < 1.29 is 14.3 Å². The van der Waals surface area contributed by atoms with Crippen molar-refractivity contribution in [1.29, 1.82) is 0 Å². The maximum absolute atomic E-state index is 13.6. The lowest BCUT2D eigenvalue weighted by Gasteiger charge is -2.58. The second-order valence-corrected chi connectivity index (χ2v) is 18.3. The molecule has 4 aliphatic carbocycles. The fourth-order valence-electron chi connectivity index (χ4n) is 10.6. The minimum Gasteiger partial charge on any atom is -0.375 e. The summed E-state index contributed by atoms with van der Waals surface area (Å²) in [7, 11) is 0. The number of carbonyl (C=O) groups is 2. The van der Waals surface area contributed by atoms with Gasteiger partial charge in [0.2, 0.25) is 5.91 Å². The number of hydrogen-bond acceptors (Lipinski definition) is 4. The van der Waals surface area contributed by atoms with Crippen LogP contribution < -0.4 is 5.32 Å². The lowest BCUT2D eigenvalue weighted by molar-refractivity contribution is -0.128. The maximum atomic E-state index is 13.6. The van der Waals surface area contributed by atoms with Crippen molar-refractivity contribution in [1.82, 2.24) is 5.32 Å². The highest BCUT2D eigenvalue weighted by molar-refractivity contribution is 7.81. The minimum atomic E-state index is -0.645. The van der Waals surface area contributed by atoms with Crippen LogP contribution in [-0.4, -0.2) is 28.8 Å². The van der Waals surface area contributed by atoms with Crippen LogP contribution in [0.15, 0.2) is 11.6 Å². The van der Waals surface area contributed by atoms with Crippen molar-refractivity contribution >= 4 is 24.3 Å². The quantitative estimate of drug-likeness (QED) is 0.114. The van der Waals surface area contributed by atoms with E-state index in [0.717, 1.165) is 61.2 Å². The summed E-state index contributed by atoms with van der Waals surface area (Å²) in [6.45, 7) is 20.6. The molecule has 1 N–H and O–H groups in total. The lowest BCUT2D eigenvalue weighted by atomic mass is 9.46. The largest absolute Gasteiger partial charge is 0.375 e. The molecule has 0 aromatic rings. The molecule has 0 aromatic carbocycles. The molecule has 0 spiro atoms. The SMILES string of the molecule is CCC(C)(CC(C)=O)OCCC(C)(S)NC(=O)C1CC[C@@]2(C)C(=CC[C@H]3[C@@H]4CC[C@H]([C@H](C)CCCC(C)C)[C@@]4(C)CC[C@@H]32)C1. The van der Waals surface area contributed by atoms with E-state index in [2.05, 4.69) is 52.9 Å². The number of ketones is 1. The van der Waals surface area contributed by atoms with Crippen molar-refractivity contribution in [2.45, 2.75) is 163 Å². The molecule has 5 heteroatoms. The number of thiol groups is 1. The van der Waals surface area contributed by atoms with Gasteiger partial charge in [-0.05, 0) is 125 Å². The van der Waals surface area contributed by atoms with Gasteiger partial charge in [0.15, 0.2) is 0 Å². The number of nitrogens with one attached hydrogen (secondary N) is 1. The van der Waals surface area contributed by atoms with Crippen LogP contribution in [0.4, 0.5) is 0 Å². The molecule has 0 radical (unpaired) electrons. The van der Waals surface area contributed by atoms with Gasteiger partial charge in [-0.3, -0.25) is 9.59 Å². The monoisotopic (exact) mass is 629 g/mol. The van der Waals surface area contributed by atoms with Crippen LogP contribution in [0.25, 0.3) is 0 Å². The third-order valence-corrected chi connectivity index (χ3v) is 13.8. The van der Waals surface area contributed by atoms with E-state index in [1.54, 1.807) is 12.5 Å². The smallest absolute Gasteiger partial charge is 0.224 e. The van der Waals surface area contributed by atoms with Crippen LogP contribution >= 0.6 is 12.6 Å². The Morgan fingerprint density at radius 2 is 1.80 bits per heavy atom. The first-order valence-electron chi connectivity index (χ1n) is 18.4. The van der Waals surface area contributed by atoms with Crippen molar-refractivity contribution in [3.8, 4) is 0 Å². The van der Waals surface area contributed by atoms with Gasteiger partial charge in [0.1, 0.15) is 5.78 Å². The summed E-state index contributed by atoms with van der Waals surface area (Å²) in [5.74, 6) is 5.31. The standard InChI is InChI=1S/C39H67NO3S/c1-10-36(6,25-28(5)41)43-23-22-39(9,44)40-35(42)29-18-20-37(7)30(24-29)14-15-31-33-17-16-32(27(4)13-11-12-26(2)3)38(33,8)21-19-34(31)37/h14,26-27,29,31-34,44H,10-13,15-25H2,1-9H3,(H,40,42)/t27-,29?,31+,32-,33+,34+,36?,37+,38-,39?/m1/s1. The van der Waals surface area contributed by atoms with Gasteiger partial charge in [-0.1, -0.05) is 72.5 Å². The van der Waals surface area contributed by atoms with E-state index in [4.69, 9.17) is 17.4 Å². The number of Topliss-reactive ketones (excluding diaryl/α,β-unsaturated/α-hetero) is 1. The van der Waals surface area contributed by atoms with Crippen LogP contribution in [0.1, 0.15) is 152 Å². The van der Waals surface area contributed by atoms with Crippen LogP contribution in [0, 0.1) is 52.3 Å². The zero-order valence-corrected chi connectivity index (χ0v) is 30.8. The van der Waals surface area contributed by atoms with Gasteiger partial charge in [0, 0.05) is 18.8 Å². The molecule has 3 unspecified atom stereocenters. The van der Waals surface area contributed by atoms with Crippen LogP contribution in [0.5, 0.6) is 0 Å². The summed E-state index contributed by atoms with van der Waals surface area (Å²) in [6.07, 6.45) is 18.4. The Bertz CT molecular complexity index is 1050. The highest BCUT2D eigenvalue weighted by Crippen LogP contribution is 2.67. The van der Waals surface area contributed by atoms with Gasteiger partial charge in [0.25, 0.3) is 0 Å². The second kappa shape index (κ2) is 14.1. The first-order valence-corrected chi connectivity index (χ1v) is 18.9. The molecule has 3 fully saturated rings. The van der Waals surface area contributed by atoms with Crippen LogP contribution in [0.2, 0.25) is 0 Å². The summed E-state index contributed by atoms with van der Waals surface area (Å²) in [5, 5.41) is 3.26. The summed E-state index contributed by atoms with van der Waals surface area (Å²) in [5.41, 5.74) is 1.87. The molecule has 0 aromatic heterocycles. The molecule has 0 aliphatic heterocycles. The lowest BCUT2D eigenvalue weighted by Crippen LogP contribution is -2.52. The number of rotatable bonds is 14. The molecular formula is C39H67NO3S. The first kappa shape index (κ1) is 36.0. The zero-order valence-electron chi connectivity index (χ0n) is 29.9. The van der Waals surface area contributed by atoms with Crippen LogP contribution in [0.3, 0.4) is 0 Å². The normalized spacial score (nSPS) is 36.7. The summed E-state index contributed by atoms with van der Waals surface area (Å²) in [4.78, 5) is 24.6. The van der Waals surface area contributed by atoms with Gasteiger partial charge in [-0.2, -0.15) is 12.6 Å². The van der Waals surface area contributed by atoms with Gasteiger partial charge in [-0.25, -0.2) is 0 Å². The van der Waals surface area contributed by atoms with E-state index in [9.17, 15) is 9.59 Å². The molecule has 4 rings (SSSR count). The Hall–Kier alpha value is -0.810. The first-order chi connectivity index (χ1) is 20.5. The summed E-state index contributed by atoms with van der Waals surface area (Å²) >= 11 is 4.84. The van der Waals surface area contributed by atoms with Crippen molar-refractivity contribution in [3.05, 3.63) is 11.6 Å². The fraction of sp³-hybridized carbons (Fsp3) is 0.897. The molecular weight excluding hydrogens is 563 g/mol. The fourth-order valence-corrected chi connectivity index (χ4v) is 10.8. The Labute approximate surface area is 276 Å². The predicted molar refractivity (Wildman–Crippen MR) is 187 cm³/mol. The average Bonchev–Trinajstić information content (AvgIpc) is 3.28. The van der Waals surface area contributed by atoms with Crippen molar-refractivity contribution in [2.24, 2.45) is 52.3 Å². The highest BCUT2D eigenvalue weighted by atomic mass is 32.1. The van der Waals surface area contributed by atoms with E-state index >= 15 is 0 Å². The van der Waals surface area contributed by atoms with Crippen LogP contribution in [-0.2, 0) is 14.3 Å².